The fraction of sp³-hybridized carbons (Fsp3) is 0.208. The Labute approximate surface area is 202 Å². The molecular formula is C24H24N8O2S. The van der Waals surface area contributed by atoms with Crippen LogP contribution in [0.2, 0.25) is 0 Å². The minimum absolute atomic E-state index is 0.280. The largest absolute Gasteiger partial charge is 0.384 e. The van der Waals surface area contributed by atoms with Crippen molar-refractivity contribution in [2.45, 2.75) is 30.2 Å². The number of benzene rings is 1. The molecule has 3 aromatic heterocycles. The fourth-order valence-electron chi connectivity index (χ4n) is 4.11. The third kappa shape index (κ3) is 4.43. The molecule has 1 aliphatic heterocycles. The number of fused-ring (bicyclic) bond motifs is 1. The van der Waals surface area contributed by atoms with E-state index in [-0.39, 0.29) is 4.90 Å². The Kier molecular flexibility index (Phi) is 5.45. The van der Waals surface area contributed by atoms with Gasteiger partial charge in [-0.15, -0.1) is 0 Å². The first kappa shape index (κ1) is 22.8. The number of aliphatic imine (C=N–C) groups is 1. The van der Waals surface area contributed by atoms with Crippen molar-refractivity contribution in [3.8, 4) is 11.3 Å². The Morgan fingerprint density at radius 1 is 1.11 bits per heavy atom. The van der Waals surface area contributed by atoms with E-state index < -0.39 is 15.4 Å². The highest BCUT2D eigenvalue weighted by molar-refractivity contribution is 7.90. The summed E-state index contributed by atoms with van der Waals surface area (Å²) in [5, 5.41) is 0. The van der Waals surface area contributed by atoms with Gasteiger partial charge in [0.25, 0.3) is 0 Å². The first-order valence-corrected chi connectivity index (χ1v) is 12.8. The van der Waals surface area contributed by atoms with E-state index in [1.165, 1.54) is 6.26 Å². The number of sulfone groups is 1. The molecule has 10 nitrogen and oxygen atoms in total. The molecule has 1 atom stereocenters. The third-order valence-corrected chi connectivity index (χ3v) is 7.02. The van der Waals surface area contributed by atoms with Crippen molar-refractivity contribution >= 4 is 27.2 Å². The molecular weight excluding hydrogens is 464 g/mol. The van der Waals surface area contributed by atoms with Crippen LogP contribution < -0.4 is 11.5 Å². The average molecular weight is 489 g/mol. The highest BCUT2D eigenvalue weighted by atomic mass is 32.2. The minimum Gasteiger partial charge on any atom is -0.384 e. The molecule has 1 unspecified atom stereocenters. The number of nitrogens with two attached hydrogens (primary N) is 2. The second-order valence-corrected chi connectivity index (χ2v) is 10.7. The van der Waals surface area contributed by atoms with Gasteiger partial charge in [0.2, 0.25) is 0 Å². The molecule has 4 aromatic rings. The van der Waals surface area contributed by atoms with Gasteiger partial charge in [0.15, 0.2) is 15.5 Å². The Hall–Kier alpha value is -3.96. The van der Waals surface area contributed by atoms with Crippen molar-refractivity contribution in [2.75, 3.05) is 6.26 Å². The molecule has 11 heteroatoms. The zero-order chi connectivity index (χ0) is 24.8. The van der Waals surface area contributed by atoms with Gasteiger partial charge in [0.1, 0.15) is 22.9 Å². The van der Waals surface area contributed by atoms with Crippen molar-refractivity contribution in [1.82, 2.24) is 24.9 Å². The van der Waals surface area contributed by atoms with E-state index in [2.05, 4.69) is 19.9 Å². The molecule has 0 aliphatic carbocycles. The molecule has 0 saturated heterocycles. The van der Waals surface area contributed by atoms with E-state index in [4.69, 9.17) is 21.4 Å². The van der Waals surface area contributed by atoms with Crippen molar-refractivity contribution in [3.63, 3.8) is 0 Å². The van der Waals surface area contributed by atoms with E-state index >= 15 is 0 Å². The second kappa shape index (κ2) is 8.36. The Morgan fingerprint density at radius 2 is 1.89 bits per heavy atom. The number of pyridine rings is 1. The molecule has 0 bridgehead atoms. The molecule has 5 N–H and O–H groups in total. The molecule has 0 spiro atoms. The topological polar surface area (TPSA) is 166 Å². The Morgan fingerprint density at radius 3 is 2.57 bits per heavy atom. The summed E-state index contributed by atoms with van der Waals surface area (Å²) >= 11 is 0. The summed E-state index contributed by atoms with van der Waals surface area (Å²) in [7, 11) is -3.26. The number of aromatic nitrogens is 5. The van der Waals surface area contributed by atoms with Gasteiger partial charge in [0, 0.05) is 24.2 Å². The average Bonchev–Trinajstić information content (AvgIpc) is 3.29. The van der Waals surface area contributed by atoms with Crippen LogP contribution in [0.4, 0.5) is 0 Å². The molecule has 1 aliphatic rings. The molecule has 0 fully saturated rings. The third-order valence-electron chi connectivity index (χ3n) is 5.89. The SMILES string of the molecule is Cc1nc(-c2cc(Cc3ccc(S(C)(=O)=O)cc3)cnc2C2(N)C=NC(N)=CC2)c2[nH]cnc2n1. The number of H-pyrrole nitrogens is 1. The lowest BCUT2D eigenvalue weighted by Gasteiger charge is -2.28. The van der Waals surface area contributed by atoms with E-state index in [1.54, 1.807) is 49.1 Å². The summed E-state index contributed by atoms with van der Waals surface area (Å²) in [4.78, 5) is 25.8. The second-order valence-electron chi connectivity index (χ2n) is 8.68. The van der Waals surface area contributed by atoms with Gasteiger partial charge in [-0.05, 0) is 55.2 Å². The molecule has 4 heterocycles. The van der Waals surface area contributed by atoms with Crippen molar-refractivity contribution in [2.24, 2.45) is 16.5 Å². The Bertz CT molecular complexity index is 1610. The number of aromatic amines is 1. The summed E-state index contributed by atoms with van der Waals surface area (Å²) in [6, 6.07) is 8.83. The lowest BCUT2D eigenvalue weighted by molar-refractivity contribution is 0.594. The van der Waals surface area contributed by atoms with E-state index in [1.807, 2.05) is 13.0 Å². The quantitative estimate of drug-likeness (QED) is 0.384. The summed E-state index contributed by atoms with van der Waals surface area (Å²) in [5.41, 5.74) is 16.7. The fourth-order valence-corrected chi connectivity index (χ4v) is 4.74. The van der Waals surface area contributed by atoms with Gasteiger partial charge in [-0.2, -0.15) is 0 Å². The van der Waals surface area contributed by atoms with Crippen LogP contribution in [-0.4, -0.2) is 45.8 Å². The molecule has 5 rings (SSSR count). The molecule has 35 heavy (non-hydrogen) atoms. The number of nitrogens with one attached hydrogen (secondary N) is 1. The van der Waals surface area contributed by atoms with Gasteiger partial charge in [-0.25, -0.2) is 28.4 Å². The summed E-state index contributed by atoms with van der Waals surface area (Å²) in [6.07, 6.45) is 8.91. The molecule has 0 saturated carbocycles. The van der Waals surface area contributed by atoms with Gasteiger partial charge in [-0.1, -0.05) is 12.1 Å². The molecule has 178 valence electrons. The normalized spacial score (nSPS) is 18.1. The van der Waals surface area contributed by atoms with Crippen LogP contribution in [0.25, 0.3) is 22.4 Å². The van der Waals surface area contributed by atoms with Crippen LogP contribution >= 0.6 is 0 Å². The van der Waals surface area contributed by atoms with E-state index in [0.29, 0.717) is 47.0 Å². The maximum atomic E-state index is 11.8. The smallest absolute Gasteiger partial charge is 0.181 e. The predicted molar refractivity (Wildman–Crippen MR) is 133 cm³/mol. The lowest BCUT2D eigenvalue weighted by atomic mass is 9.86. The van der Waals surface area contributed by atoms with Crippen molar-refractivity contribution < 1.29 is 8.42 Å². The van der Waals surface area contributed by atoms with Gasteiger partial charge >= 0.3 is 0 Å². The molecule has 1 aromatic carbocycles. The number of rotatable bonds is 5. The molecule has 0 amide bonds. The summed E-state index contributed by atoms with van der Waals surface area (Å²) in [6.45, 7) is 1.81. The zero-order valence-corrected chi connectivity index (χ0v) is 20.0. The van der Waals surface area contributed by atoms with Gasteiger partial charge < -0.3 is 16.5 Å². The minimum atomic E-state index is -3.26. The zero-order valence-electron chi connectivity index (χ0n) is 19.2. The van der Waals surface area contributed by atoms with Crippen molar-refractivity contribution in [3.05, 3.63) is 77.4 Å². The number of hydrogen-bond acceptors (Lipinski definition) is 9. The van der Waals surface area contributed by atoms with Crippen LogP contribution in [-0.2, 0) is 21.8 Å². The van der Waals surface area contributed by atoms with Crippen molar-refractivity contribution in [1.29, 1.82) is 0 Å². The number of imidazole rings is 1. The standard InChI is InChI=1S/C24H24N8O2S/c1-14-31-20(21-23(32-14)30-13-29-21)18-10-16(9-15-3-5-17(6-4-15)35(2,33)34)11-27-22(18)24(26)8-7-19(25)28-12-24/h3-7,10-13H,8-9,25-26H2,1-2H3,(H,29,30,31,32). The van der Waals surface area contributed by atoms with Gasteiger partial charge in [-0.3, -0.25) is 4.98 Å². The van der Waals surface area contributed by atoms with Gasteiger partial charge in [0.05, 0.1) is 22.5 Å². The molecule has 0 radical (unpaired) electrons. The van der Waals surface area contributed by atoms with Crippen LogP contribution in [0.1, 0.15) is 29.1 Å². The van der Waals surface area contributed by atoms with Crippen LogP contribution in [0.15, 0.2) is 64.6 Å². The van der Waals surface area contributed by atoms with E-state index in [0.717, 1.165) is 16.7 Å². The maximum Gasteiger partial charge on any atom is 0.181 e. The monoisotopic (exact) mass is 488 g/mol. The highest BCUT2D eigenvalue weighted by Crippen LogP contribution is 2.34. The number of aryl methyl sites for hydroxylation is 1. The number of nitrogens with zero attached hydrogens (tertiary/aromatic N) is 5. The summed E-state index contributed by atoms with van der Waals surface area (Å²) in [5.74, 6) is 0.982. The lowest BCUT2D eigenvalue weighted by Crippen LogP contribution is -2.41. The number of hydrogen-bond donors (Lipinski definition) is 3. The van der Waals surface area contributed by atoms with E-state index in [9.17, 15) is 8.42 Å². The highest BCUT2D eigenvalue weighted by Gasteiger charge is 2.32. The Balaban J connectivity index is 1.63. The first-order chi connectivity index (χ1) is 16.6. The predicted octanol–water partition coefficient (Wildman–Crippen LogP) is 2.15. The first-order valence-electron chi connectivity index (χ1n) is 10.9. The summed E-state index contributed by atoms with van der Waals surface area (Å²) < 4.78 is 23.6. The van der Waals surface area contributed by atoms with Crippen LogP contribution in [0, 0.1) is 6.92 Å². The van der Waals surface area contributed by atoms with Crippen LogP contribution in [0.3, 0.4) is 0 Å². The maximum absolute atomic E-state index is 11.8. The van der Waals surface area contributed by atoms with Crippen LogP contribution in [0.5, 0.6) is 0 Å².